The quantitative estimate of drug-likeness (QED) is 0.0415. The van der Waals surface area contributed by atoms with E-state index in [2.05, 4.69) is 34.4 Å². The minimum atomic E-state index is -5.56. The molecule has 3 rings (SSSR count). The molecule has 58 heavy (non-hydrogen) atoms. The van der Waals surface area contributed by atoms with Crippen molar-refractivity contribution in [3.05, 3.63) is 12.7 Å². The van der Waals surface area contributed by atoms with Gasteiger partial charge < -0.3 is 55.7 Å². The van der Waals surface area contributed by atoms with Crippen LogP contribution in [0.25, 0.3) is 11.2 Å². The maximum atomic E-state index is 12.6. The van der Waals surface area contributed by atoms with Gasteiger partial charge in [-0.05, 0) is 12.8 Å². The van der Waals surface area contributed by atoms with Gasteiger partial charge in [-0.25, -0.2) is 28.6 Å². The molecule has 1 saturated heterocycles. The number of carbonyl (C=O) groups excluding carboxylic acids is 4. The van der Waals surface area contributed by atoms with Crippen LogP contribution >= 0.6 is 35.2 Å². The molecule has 1 fully saturated rings. The van der Waals surface area contributed by atoms with Crippen molar-refractivity contribution in [2.45, 2.75) is 90.4 Å². The Morgan fingerprint density at radius 3 is 2.31 bits per heavy atom. The Kier molecular flexibility index (Phi) is 20.6. The number of nitrogens with zero attached hydrogens (tertiary/aromatic N) is 4. The van der Waals surface area contributed by atoms with Crippen LogP contribution in [0.5, 0.6) is 0 Å². The van der Waals surface area contributed by atoms with Crippen LogP contribution in [0.2, 0.25) is 0 Å². The number of fused-ring (bicyclic) bond motifs is 1. The fraction of sp³-hybridized carbons (Fsp3) is 0.690. The maximum absolute atomic E-state index is 12.6. The third-order valence-electron chi connectivity index (χ3n) is 7.63. The largest absolute Gasteiger partial charge is 0.481 e. The summed E-state index contributed by atoms with van der Waals surface area (Å²) >= 11 is 1.09. The molecule has 25 nitrogen and oxygen atoms in total. The molecule has 330 valence electrons. The van der Waals surface area contributed by atoms with Gasteiger partial charge in [0.15, 0.2) is 22.8 Å². The number of nitrogen functional groups attached to an aromatic ring is 1. The van der Waals surface area contributed by atoms with E-state index in [-0.39, 0.29) is 41.6 Å². The molecule has 2 aromatic rings. The zero-order chi connectivity index (χ0) is 43.9. The summed E-state index contributed by atoms with van der Waals surface area (Å²) in [6.07, 6.45) is -3.11. The highest BCUT2D eigenvalue weighted by atomic mass is 32.2. The van der Waals surface area contributed by atoms with Crippen LogP contribution in [0.1, 0.15) is 66.0 Å². The van der Waals surface area contributed by atoms with Crippen LogP contribution in [-0.4, -0.2) is 129 Å². The minimum Gasteiger partial charge on any atom is -0.386 e. The van der Waals surface area contributed by atoms with Crippen molar-refractivity contribution < 1.29 is 85.3 Å². The molecule has 2 amide bonds. The summed E-state index contributed by atoms with van der Waals surface area (Å²) in [7, 11) is -16.4. The van der Waals surface area contributed by atoms with Crippen LogP contribution in [0.3, 0.4) is 0 Å². The van der Waals surface area contributed by atoms with Gasteiger partial charge in [-0.2, -0.15) is 4.31 Å². The van der Waals surface area contributed by atoms with E-state index in [1.807, 2.05) is 13.8 Å². The number of anilines is 1. The van der Waals surface area contributed by atoms with Crippen molar-refractivity contribution in [1.82, 2.24) is 30.2 Å². The number of nitrogens with two attached hydrogens (primary N) is 1. The number of rotatable bonds is 23. The van der Waals surface area contributed by atoms with Crippen LogP contribution in [0.4, 0.5) is 5.82 Å². The number of phosphoric acid groups is 3. The summed E-state index contributed by atoms with van der Waals surface area (Å²) < 4.78 is 61.9. The molecule has 1 aliphatic rings. The van der Waals surface area contributed by atoms with E-state index in [1.54, 1.807) is 0 Å². The lowest BCUT2D eigenvalue weighted by atomic mass is 9.87. The Morgan fingerprint density at radius 1 is 1.03 bits per heavy atom. The van der Waals surface area contributed by atoms with Gasteiger partial charge in [0.05, 0.1) is 19.5 Å². The van der Waals surface area contributed by atoms with E-state index < -0.39 is 84.6 Å². The van der Waals surface area contributed by atoms with Gasteiger partial charge in [0.1, 0.15) is 42.5 Å². The lowest BCUT2D eigenvalue weighted by Crippen LogP contribution is -2.46. The molecule has 29 heteroatoms. The Bertz CT molecular complexity index is 1830. The molecule has 10 N–H and O–H groups in total. The number of aliphatic hydroxyl groups is 2. The number of thioether (sulfide) groups is 1. The molecule has 3 heterocycles. The number of nitrogens with one attached hydrogen (secondary N) is 2. The molecule has 2 aromatic heterocycles. The van der Waals surface area contributed by atoms with Crippen molar-refractivity contribution in [3.63, 3.8) is 0 Å². The zero-order valence-electron chi connectivity index (χ0n) is 31.9. The molecule has 0 spiro atoms. The lowest BCUT2D eigenvalue weighted by Gasteiger charge is -2.30. The first-order chi connectivity index (χ1) is 27.0. The lowest BCUT2D eigenvalue weighted by molar-refractivity contribution is -0.137. The summed E-state index contributed by atoms with van der Waals surface area (Å²) in [4.78, 5) is 96.2. The van der Waals surface area contributed by atoms with E-state index >= 15 is 0 Å². The number of unbranched alkanes of at least 4 members (excludes halogenated alkanes) is 1. The summed E-state index contributed by atoms with van der Waals surface area (Å²) in [5.74, 6) is -1.06. The Morgan fingerprint density at radius 2 is 1.71 bits per heavy atom. The number of ether oxygens (including phenoxy) is 1. The standard InChI is InChI=1S/C25H42N7O17P3S.C4H8O/c1-4-5-16(34)53-9-8-27-15(33)6-7-28-23(37)20(36)25(2,3)11-46-52(43,44)49-51(41,42)45-10-14-19(48-50(38,39)40)18(35)24(47-14)32-13-31-17-21(26)29-12-30-22(17)32;1-2-3-4-5/h12-14,18-20,24,35-36H,4-11H2,1-3H3,(H,27,33)(H,28,37)(H,41,42)(H,43,44)(H2,26,29,30)(H2,38,39,40);4H,2-3H2,1H3/t14-,18-,19-,20+,24-;/m1./s1. The van der Waals surface area contributed by atoms with Crippen LogP contribution in [0.15, 0.2) is 12.7 Å². The molecule has 1 aliphatic heterocycles. The van der Waals surface area contributed by atoms with Crippen LogP contribution in [-0.2, 0) is 55.5 Å². The highest BCUT2D eigenvalue weighted by Crippen LogP contribution is 2.61. The predicted molar refractivity (Wildman–Crippen MR) is 203 cm³/mol. The smallest absolute Gasteiger partial charge is 0.386 e. The van der Waals surface area contributed by atoms with Crippen molar-refractivity contribution in [1.29, 1.82) is 0 Å². The van der Waals surface area contributed by atoms with E-state index in [1.165, 1.54) is 13.8 Å². The maximum Gasteiger partial charge on any atom is 0.481 e. The molecule has 2 unspecified atom stereocenters. The first-order valence-corrected chi connectivity index (χ1v) is 23.0. The monoisotopic (exact) mass is 909 g/mol. The van der Waals surface area contributed by atoms with E-state index in [0.29, 0.717) is 18.6 Å². The van der Waals surface area contributed by atoms with Gasteiger partial charge in [0, 0.05) is 43.5 Å². The fourth-order valence-electron chi connectivity index (χ4n) is 4.69. The highest BCUT2D eigenvalue weighted by molar-refractivity contribution is 8.13. The first kappa shape index (κ1) is 51.4. The molecule has 0 aromatic carbocycles. The molecule has 0 aliphatic carbocycles. The molecule has 0 bridgehead atoms. The van der Waals surface area contributed by atoms with Crippen molar-refractivity contribution in [2.24, 2.45) is 5.41 Å². The normalized spacial score (nSPS) is 20.9. The average molecular weight is 910 g/mol. The number of carbonyl (C=O) groups is 4. The first-order valence-electron chi connectivity index (χ1n) is 17.5. The number of hydrogen-bond acceptors (Lipinski definition) is 19. The average Bonchev–Trinajstić information content (AvgIpc) is 3.69. The second kappa shape index (κ2) is 23.3. The number of aliphatic hydroxyl groups excluding tert-OH is 2. The predicted octanol–water partition coefficient (Wildman–Crippen LogP) is 0.450. The van der Waals surface area contributed by atoms with E-state index in [9.17, 15) is 62.7 Å². The highest BCUT2D eigenvalue weighted by Gasteiger charge is 2.50. The molecule has 0 radical (unpaired) electrons. The van der Waals surface area contributed by atoms with Gasteiger partial charge in [0.25, 0.3) is 0 Å². The van der Waals surface area contributed by atoms with Gasteiger partial charge in [-0.1, -0.05) is 39.5 Å². The number of aldehydes is 1. The van der Waals surface area contributed by atoms with Crippen molar-refractivity contribution >= 4 is 75.4 Å². The third kappa shape index (κ3) is 17.1. The van der Waals surface area contributed by atoms with Gasteiger partial charge >= 0.3 is 23.5 Å². The van der Waals surface area contributed by atoms with E-state index in [0.717, 1.165) is 48.1 Å². The number of aromatic nitrogens is 4. The van der Waals surface area contributed by atoms with Gasteiger partial charge in [-0.3, -0.25) is 32.5 Å². The molecular weight excluding hydrogens is 859 g/mol. The van der Waals surface area contributed by atoms with Crippen molar-refractivity contribution in [3.8, 4) is 0 Å². The topological polar surface area (TPSA) is 381 Å². The number of imidazole rings is 1. The summed E-state index contributed by atoms with van der Waals surface area (Å²) in [6.45, 7) is 4.39. The summed E-state index contributed by atoms with van der Waals surface area (Å²) in [6, 6.07) is 0. The zero-order valence-corrected chi connectivity index (χ0v) is 35.4. The number of hydrogen-bond donors (Lipinski definition) is 9. The third-order valence-corrected chi connectivity index (χ3v) is 11.7. The second-order valence-corrected chi connectivity index (χ2v) is 18.4. The number of phosphoric ester groups is 3. The Hall–Kier alpha value is -2.77. The fourth-order valence-corrected chi connectivity index (χ4v) is 8.30. The van der Waals surface area contributed by atoms with Gasteiger partial charge in [-0.15, -0.1) is 0 Å². The summed E-state index contributed by atoms with van der Waals surface area (Å²) in [5, 5.41) is 26.3. The molecular formula is C29H50N7O18P3S. The molecule has 0 saturated carbocycles. The number of amides is 2. The minimum absolute atomic E-state index is 0.0127. The van der Waals surface area contributed by atoms with Crippen LogP contribution in [0, 0.1) is 5.41 Å². The Labute approximate surface area is 336 Å². The summed E-state index contributed by atoms with van der Waals surface area (Å²) in [5.41, 5.74) is 4.27. The second-order valence-electron chi connectivity index (χ2n) is 13.0. The van der Waals surface area contributed by atoms with Gasteiger partial charge in [0.2, 0.25) is 11.8 Å². The van der Waals surface area contributed by atoms with Crippen LogP contribution < -0.4 is 16.4 Å². The molecule has 7 atom stereocenters. The Balaban J connectivity index is 0.00000218. The SMILES string of the molecule is CCCC(=O)SCCNC(=O)CCNC(=O)[C@H](O)C(C)(C)COP(=O)(O)OP(=O)(O)OC[C@H]1O[C@@H](n2cnc3c(N)ncnc32)[C@H](O)[C@@H]1OP(=O)(O)O.CCCC=O. The van der Waals surface area contributed by atoms with E-state index in [4.69, 9.17) is 19.5 Å². The van der Waals surface area contributed by atoms with Crippen molar-refractivity contribution in [2.75, 3.05) is 37.8 Å².